The third-order valence-electron chi connectivity index (χ3n) is 2.27. The van der Waals surface area contributed by atoms with Gasteiger partial charge in [-0.2, -0.15) is 5.10 Å². The maximum Gasteiger partial charge on any atom is 0.170 e. The highest BCUT2D eigenvalue weighted by molar-refractivity contribution is 7.80. The molecule has 1 heterocycles. The molecule has 2 N–H and O–H groups in total. The predicted molar refractivity (Wildman–Crippen MR) is 79.2 cm³/mol. The van der Waals surface area contributed by atoms with Gasteiger partial charge >= 0.3 is 0 Å². The second kappa shape index (κ2) is 9.71. The van der Waals surface area contributed by atoms with E-state index in [1.807, 2.05) is 20.0 Å². The van der Waals surface area contributed by atoms with Crippen molar-refractivity contribution < 1.29 is 9.47 Å². The topological polar surface area (TPSA) is 60.3 Å². The van der Waals surface area contributed by atoms with Crippen molar-refractivity contribution in [2.75, 3.05) is 31.7 Å². The van der Waals surface area contributed by atoms with E-state index in [4.69, 9.17) is 21.7 Å². The molecule has 1 rings (SSSR count). The molecule has 0 aromatic carbocycles. The van der Waals surface area contributed by atoms with Gasteiger partial charge in [0.15, 0.2) is 5.11 Å². The second-order valence-electron chi connectivity index (χ2n) is 3.82. The first-order valence-electron chi connectivity index (χ1n) is 6.49. The van der Waals surface area contributed by atoms with Crippen molar-refractivity contribution in [2.45, 2.75) is 27.0 Å². The van der Waals surface area contributed by atoms with Crippen LogP contribution in [0.4, 0.5) is 5.69 Å². The molecule has 0 saturated heterocycles. The summed E-state index contributed by atoms with van der Waals surface area (Å²) in [5, 5.41) is 10.9. The molecule has 108 valence electrons. The molecule has 0 aliphatic rings. The minimum absolute atomic E-state index is 0.451. The van der Waals surface area contributed by atoms with Gasteiger partial charge in [-0.15, -0.1) is 0 Å². The summed E-state index contributed by atoms with van der Waals surface area (Å²) in [6, 6.07) is 0. The molecule has 0 aliphatic heterocycles. The third-order valence-corrected chi connectivity index (χ3v) is 2.52. The van der Waals surface area contributed by atoms with E-state index in [1.54, 1.807) is 10.9 Å². The highest BCUT2D eigenvalue weighted by Gasteiger charge is 2.00. The summed E-state index contributed by atoms with van der Waals surface area (Å²) in [6.07, 6.45) is 4.50. The molecular formula is C12H22N4O2S. The van der Waals surface area contributed by atoms with Gasteiger partial charge in [-0.05, 0) is 32.5 Å². The maximum absolute atomic E-state index is 5.25. The van der Waals surface area contributed by atoms with Crippen molar-refractivity contribution in [3.8, 4) is 0 Å². The van der Waals surface area contributed by atoms with Crippen LogP contribution in [0.2, 0.25) is 0 Å². The number of hydrogen-bond acceptors (Lipinski definition) is 4. The first-order chi connectivity index (χ1) is 9.26. The Balaban J connectivity index is 2.18. The van der Waals surface area contributed by atoms with Gasteiger partial charge in [0, 0.05) is 26.4 Å². The lowest BCUT2D eigenvalue weighted by Gasteiger charge is -2.08. The minimum Gasteiger partial charge on any atom is -0.382 e. The molecule has 1 aromatic heterocycles. The van der Waals surface area contributed by atoms with E-state index in [0.717, 1.165) is 31.9 Å². The zero-order valence-corrected chi connectivity index (χ0v) is 12.3. The lowest BCUT2D eigenvalue weighted by molar-refractivity contribution is 0.0792. The number of aromatic nitrogens is 2. The smallest absolute Gasteiger partial charge is 0.170 e. The average Bonchev–Trinajstić information content (AvgIpc) is 2.83. The molecule has 1 aromatic rings. The Morgan fingerprint density at radius 2 is 2.16 bits per heavy atom. The first kappa shape index (κ1) is 15.9. The van der Waals surface area contributed by atoms with E-state index in [9.17, 15) is 0 Å². The maximum atomic E-state index is 5.25. The number of hydrogen-bond donors (Lipinski definition) is 2. The molecule has 0 spiro atoms. The highest BCUT2D eigenvalue weighted by atomic mass is 32.1. The molecule has 7 heteroatoms. The largest absolute Gasteiger partial charge is 0.382 e. The van der Waals surface area contributed by atoms with E-state index in [-0.39, 0.29) is 0 Å². The van der Waals surface area contributed by atoms with Crippen molar-refractivity contribution in [3.05, 3.63) is 12.4 Å². The number of nitrogens with one attached hydrogen (secondary N) is 2. The third kappa shape index (κ3) is 7.09. The van der Waals surface area contributed by atoms with Crippen LogP contribution < -0.4 is 10.6 Å². The zero-order valence-electron chi connectivity index (χ0n) is 11.5. The van der Waals surface area contributed by atoms with Crippen LogP contribution in [0, 0.1) is 0 Å². The summed E-state index contributed by atoms with van der Waals surface area (Å²) >= 11 is 5.18. The molecular weight excluding hydrogens is 264 g/mol. The van der Waals surface area contributed by atoms with Gasteiger partial charge < -0.3 is 20.1 Å². The van der Waals surface area contributed by atoms with Crippen molar-refractivity contribution >= 4 is 23.0 Å². The quantitative estimate of drug-likeness (QED) is 0.531. The number of anilines is 1. The fraction of sp³-hybridized carbons (Fsp3) is 0.667. The summed E-state index contributed by atoms with van der Waals surface area (Å²) in [7, 11) is 0. The summed E-state index contributed by atoms with van der Waals surface area (Å²) in [5.41, 5.74) is 0.849. The van der Waals surface area contributed by atoms with Crippen LogP contribution in [0.3, 0.4) is 0 Å². The fourth-order valence-corrected chi connectivity index (χ4v) is 1.60. The Hall–Kier alpha value is -1.18. The van der Waals surface area contributed by atoms with Crippen LogP contribution in [-0.2, 0) is 16.2 Å². The lowest BCUT2D eigenvalue weighted by Crippen LogP contribution is -2.29. The summed E-state index contributed by atoms with van der Waals surface area (Å²) < 4.78 is 12.2. The molecule has 0 saturated carbocycles. The highest BCUT2D eigenvalue weighted by Crippen LogP contribution is 2.04. The Morgan fingerprint density at radius 1 is 1.37 bits per heavy atom. The van der Waals surface area contributed by atoms with E-state index >= 15 is 0 Å². The summed E-state index contributed by atoms with van der Waals surface area (Å²) in [5.74, 6) is 0. The Kier molecular flexibility index (Phi) is 8.11. The van der Waals surface area contributed by atoms with Gasteiger partial charge in [-0.1, -0.05) is 0 Å². The zero-order chi connectivity index (χ0) is 13.9. The van der Waals surface area contributed by atoms with E-state index in [0.29, 0.717) is 18.5 Å². The Bertz CT molecular complexity index is 370. The van der Waals surface area contributed by atoms with Crippen LogP contribution in [0.15, 0.2) is 12.4 Å². The van der Waals surface area contributed by atoms with Crippen LogP contribution in [-0.4, -0.2) is 41.3 Å². The normalized spacial score (nSPS) is 10.4. The van der Waals surface area contributed by atoms with Crippen molar-refractivity contribution in [1.82, 2.24) is 15.1 Å². The fourth-order valence-electron chi connectivity index (χ4n) is 1.38. The van der Waals surface area contributed by atoms with Crippen molar-refractivity contribution in [1.29, 1.82) is 0 Å². The van der Waals surface area contributed by atoms with Crippen molar-refractivity contribution in [2.24, 2.45) is 0 Å². The van der Waals surface area contributed by atoms with Crippen molar-refractivity contribution in [3.63, 3.8) is 0 Å². The molecule has 0 fully saturated rings. The van der Waals surface area contributed by atoms with Gasteiger partial charge in [-0.25, -0.2) is 4.68 Å². The Labute approximate surface area is 119 Å². The van der Waals surface area contributed by atoms with Crippen LogP contribution >= 0.6 is 12.2 Å². The van der Waals surface area contributed by atoms with Crippen LogP contribution in [0.25, 0.3) is 0 Å². The average molecular weight is 286 g/mol. The number of nitrogens with zero attached hydrogens (tertiary/aromatic N) is 2. The molecule has 0 radical (unpaired) electrons. The van der Waals surface area contributed by atoms with Gasteiger partial charge in [0.05, 0.1) is 18.1 Å². The SMILES string of the molecule is CCOCCCNC(=S)Nc1cnn(COCC)c1. The molecule has 0 unspecified atom stereocenters. The lowest BCUT2D eigenvalue weighted by atomic mass is 10.4. The van der Waals surface area contributed by atoms with Crippen LogP contribution in [0.1, 0.15) is 20.3 Å². The number of thiocarbonyl (C=S) groups is 1. The predicted octanol–water partition coefficient (Wildman–Crippen LogP) is 1.59. The van der Waals surface area contributed by atoms with E-state index in [1.165, 1.54) is 0 Å². The number of ether oxygens (including phenoxy) is 2. The standard InChI is InChI=1S/C12H22N4O2S/c1-3-17-7-5-6-13-12(19)15-11-8-14-16(9-11)10-18-4-2/h8-9H,3-7,10H2,1-2H3,(H2,13,15,19). The molecule has 6 nitrogen and oxygen atoms in total. The van der Waals surface area contributed by atoms with Gasteiger partial charge in [0.2, 0.25) is 0 Å². The molecule has 0 aliphatic carbocycles. The summed E-state index contributed by atoms with van der Waals surface area (Å²) in [4.78, 5) is 0. The summed E-state index contributed by atoms with van der Waals surface area (Å²) in [6.45, 7) is 7.34. The molecule has 19 heavy (non-hydrogen) atoms. The second-order valence-corrected chi connectivity index (χ2v) is 4.23. The molecule has 0 bridgehead atoms. The minimum atomic E-state index is 0.451. The van der Waals surface area contributed by atoms with E-state index in [2.05, 4.69) is 15.7 Å². The van der Waals surface area contributed by atoms with Gasteiger partial charge in [-0.3, -0.25) is 0 Å². The number of rotatable bonds is 9. The van der Waals surface area contributed by atoms with Crippen LogP contribution in [0.5, 0.6) is 0 Å². The Morgan fingerprint density at radius 3 is 2.89 bits per heavy atom. The van der Waals surface area contributed by atoms with E-state index < -0.39 is 0 Å². The first-order valence-corrected chi connectivity index (χ1v) is 6.89. The molecule has 0 amide bonds. The monoisotopic (exact) mass is 286 g/mol. The van der Waals surface area contributed by atoms with Gasteiger partial charge in [0.1, 0.15) is 6.73 Å². The molecule has 0 atom stereocenters. The van der Waals surface area contributed by atoms with Gasteiger partial charge in [0.25, 0.3) is 0 Å².